The molecule has 4 amide bonds. The molecule has 0 atom stereocenters. The summed E-state index contributed by atoms with van der Waals surface area (Å²) in [4.78, 5) is 45.1. The van der Waals surface area contributed by atoms with E-state index in [2.05, 4.69) is 10.3 Å². The van der Waals surface area contributed by atoms with Crippen LogP contribution in [-0.2, 0) is 11.3 Å². The van der Waals surface area contributed by atoms with Gasteiger partial charge in [-0.1, -0.05) is 0 Å². The van der Waals surface area contributed by atoms with Crippen LogP contribution >= 0.6 is 11.8 Å². The first-order valence-electron chi connectivity index (χ1n) is 10.9. The lowest BCUT2D eigenvalue weighted by Gasteiger charge is -2.27. The highest BCUT2D eigenvalue weighted by molar-refractivity contribution is 8.00. The van der Waals surface area contributed by atoms with Crippen LogP contribution in [0.4, 0.5) is 33.9 Å². The molecule has 0 unspecified atom stereocenters. The maximum atomic E-state index is 13.3. The summed E-state index contributed by atoms with van der Waals surface area (Å²) in [6, 6.07) is 12.5. The average molecular weight is 533 g/mol. The van der Waals surface area contributed by atoms with Crippen LogP contribution < -0.4 is 10.2 Å². The van der Waals surface area contributed by atoms with Crippen molar-refractivity contribution in [2.45, 2.75) is 36.3 Å². The highest BCUT2D eigenvalue weighted by Crippen LogP contribution is 2.39. The van der Waals surface area contributed by atoms with Crippen LogP contribution in [0.5, 0.6) is 0 Å². The van der Waals surface area contributed by atoms with Gasteiger partial charge in [0.15, 0.2) is 0 Å². The molecule has 1 saturated heterocycles. The van der Waals surface area contributed by atoms with Crippen molar-refractivity contribution >= 4 is 41.1 Å². The summed E-state index contributed by atoms with van der Waals surface area (Å²) in [5.74, 6) is -1.32. The number of rotatable bonds is 6. The Bertz CT molecular complexity index is 1350. The van der Waals surface area contributed by atoms with Crippen molar-refractivity contribution < 1.29 is 31.9 Å². The van der Waals surface area contributed by atoms with Crippen molar-refractivity contribution in [3.05, 3.63) is 83.8 Å². The van der Waals surface area contributed by atoms with Gasteiger partial charge in [-0.25, -0.2) is 19.1 Å². The third-order valence-electron chi connectivity index (χ3n) is 5.66. The third kappa shape index (κ3) is 5.74. The Kier molecular flexibility index (Phi) is 6.96. The lowest BCUT2D eigenvalue weighted by Crippen LogP contribution is -2.43. The molecule has 0 bridgehead atoms. The van der Waals surface area contributed by atoms with Crippen LogP contribution in [0.3, 0.4) is 0 Å². The minimum absolute atomic E-state index is 0.00196. The zero-order chi connectivity index (χ0) is 27.0. The number of aromatic nitrogens is 1. The molecule has 3 aromatic rings. The first-order chi connectivity index (χ1) is 17.3. The van der Waals surface area contributed by atoms with Crippen LogP contribution in [0, 0.1) is 5.82 Å². The molecule has 1 N–H and O–H groups in total. The van der Waals surface area contributed by atoms with E-state index in [0.29, 0.717) is 5.56 Å². The molecular formula is C25H20F4N4O3S. The molecule has 7 nitrogen and oxygen atoms in total. The Hall–Kier alpha value is -3.93. The van der Waals surface area contributed by atoms with Gasteiger partial charge < -0.3 is 10.2 Å². The summed E-state index contributed by atoms with van der Waals surface area (Å²) in [6.07, 6.45) is 1.43. The number of hydrogen-bond acceptors (Lipinski definition) is 5. The van der Waals surface area contributed by atoms with E-state index in [0.717, 1.165) is 17.0 Å². The molecule has 0 saturated carbocycles. The number of hydrogen-bond donors (Lipinski definition) is 1. The number of anilines is 2. The number of urea groups is 1. The molecule has 1 aliphatic heterocycles. The van der Waals surface area contributed by atoms with E-state index in [1.165, 1.54) is 47.5 Å². The van der Waals surface area contributed by atoms with E-state index >= 15 is 0 Å². The standard InChI is InChI=1S/C25H20F4N4O3S/c1-24(2)22(35)33(18-7-9-19(10-8-18)37-25(27,28)29)23(36)32(24)14-15-11-12-30-20(13-15)31-21(34)16-3-5-17(26)6-4-16/h3-13H,14H2,1-2H3,(H,30,31,34). The number of amides is 4. The molecule has 1 fully saturated rings. The van der Waals surface area contributed by atoms with Crippen molar-refractivity contribution in [1.82, 2.24) is 9.88 Å². The number of thioether (sulfide) groups is 1. The van der Waals surface area contributed by atoms with Crippen LogP contribution in [0.2, 0.25) is 0 Å². The van der Waals surface area contributed by atoms with Gasteiger partial charge in [-0.2, -0.15) is 13.2 Å². The number of nitrogens with one attached hydrogen (secondary N) is 1. The number of benzene rings is 2. The molecule has 1 aliphatic rings. The van der Waals surface area contributed by atoms with E-state index in [1.807, 2.05) is 0 Å². The Morgan fingerprint density at radius 1 is 1.03 bits per heavy atom. The fraction of sp³-hybridized carbons (Fsp3) is 0.200. The van der Waals surface area contributed by atoms with Gasteiger partial charge in [0.25, 0.3) is 11.8 Å². The SMILES string of the molecule is CC1(C)C(=O)N(c2ccc(SC(F)(F)F)cc2)C(=O)N1Cc1ccnc(NC(=O)c2ccc(F)cc2)c1. The molecule has 37 heavy (non-hydrogen) atoms. The molecule has 1 aromatic heterocycles. The highest BCUT2D eigenvalue weighted by atomic mass is 32.2. The van der Waals surface area contributed by atoms with Gasteiger partial charge in [0, 0.05) is 23.2 Å². The first kappa shape index (κ1) is 26.1. The number of nitrogens with zero attached hydrogens (tertiary/aromatic N) is 3. The van der Waals surface area contributed by atoms with Crippen molar-refractivity contribution in [3.63, 3.8) is 0 Å². The van der Waals surface area contributed by atoms with Crippen LogP contribution in [0.25, 0.3) is 0 Å². The Morgan fingerprint density at radius 2 is 1.68 bits per heavy atom. The summed E-state index contributed by atoms with van der Waals surface area (Å²) >= 11 is -0.291. The topological polar surface area (TPSA) is 82.6 Å². The monoisotopic (exact) mass is 532 g/mol. The summed E-state index contributed by atoms with van der Waals surface area (Å²) in [5.41, 5.74) is -4.76. The lowest BCUT2D eigenvalue weighted by molar-refractivity contribution is -0.123. The van der Waals surface area contributed by atoms with Gasteiger partial charge in [0.05, 0.1) is 5.69 Å². The summed E-state index contributed by atoms with van der Waals surface area (Å²) in [6.45, 7) is 3.14. The molecule has 2 heterocycles. The molecule has 0 spiro atoms. The van der Waals surface area contributed by atoms with Gasteiger partial charge in [-0.3, -0.25) is 9.59 Å². The van der Waals surface area contributed by atoms with Crippen LogP contribution in [-0.4, -0.2) is 38.8 Å². The van der Waals surface area contributed by atoms with Gasteiger partial charge in [0.2, 0.25) is 0 Å². The quantitative estimate of drug-likeness (QED) is 0.245. The molecule has 0 radical (unpaired) electrons. The zero-order valence-electron chi connectivity index (χ0n) is 19.5. The van der Waals surface area contributed by atoms with Crippen molar-refractivity contribution in [3.8, 4) is 0 Å². The third-order valence-corrected chi connectivity index (χ3v) is 6.40. The smallest absolute Gasteiger partial charge is 0.307 e. The zero-order valence-corrected chi connectivity index (χ0v) is 20.4. The number of carbonyl (C=O) groups excluding carboxylic acids is 3. The van der Waals surface area contributed by atoms with Gasteiger partial charge in [0.1, 0.15) is 17.2 Å². The molecule has 192 valence electrons. The van der Waals surface area contributed by atoms with Gasteiger partial charge in [-0.15, -0.1) is 0 Å². The second-order valence-electron chi connectivity index (χ2n) is 8.62. The number of alkyl halides is 3. The van der Waals surface area contributed by atoms with Crippen molar-refractivity contribution in [2.75, 3.05) is 10.2 Å². The second kappa shape index (κ2) is 9.85. The van der Waals surface area contributed by atoms with Crippen LogP contribution in [0.1, 0.15) is 29.8 Å². The van der Waals surface area contributed by atoms with E-state index in [4.69, 9.17) is 0 Å². The summed E-state index contributed by atoms with van der Waals surface area (Å²) < 4.78 is 51.0. The summed E-state index contributed by atoms with van der Waals surface area (Å²) in [7, 11) is 0. The molecular weight excluding hydrogens is 512 g/mol. The Morgan fingerprint density at radius 3 is 2.30 bits per heavy atom. The second-order valence-corrected chi connectivity index (χ2v) is 9.76. The fourth-order valence-electron chi connectivity index (χ4n) is 3.74. The molecule has 12 heteroatoms. The predicted octanol–water partition coefficient (Wildman–Crippen LogP) is 5.83. The Balaban J connectivity index is 1.51. The van der Waals surface area contributed by atoms with E-state index < -0.39 is 34.7 Å². The molecule has 4 rings (SSSR count). The summed E-state index contributed by atoms with van der Waals surface area (Å²) in [5, 5.41) is 2.60. The minimum atomic E-state index is -4.46. The molecule has 0 aliphatic carbocycles. The van der Waals surface area contributed by atoms with Gasteiger partial charge >= 0.3 is 11.5 Å². The average Bonchev–Trinajstić information content (AvgIpc) is 2.99. The van der Waals surface area contributed by atoms with E-state index in [-0.39, 0.29) is 40.3 Å². The first-order valence-corrected chi connectivity index (χ1v) is 11.7. The maximum Gasteiger partial charge on any atom is 0.446 e. The normalized spacial score (nSPS) is 15.3. The molecule has 2 aromatic carbocycles. The van der Waals surface area contributed by atoms with Gasteiger partial charge in [-0.05, 0) is 91.8 Å². The predicted molar refractivity (Wildman–Crippen MR) is 129 cm³/mol. The van der Waals surface area contributed by atoms with Crippen LogP contribution in [0.15, 0.2) is 71.8 Å². The largest absolute Gasteiger partial charge is 0.446 e. The van der Waals surface area contributed by atoms with Crippen molar-refractivity contribution in [1.29, 1.82) is 0 Å². The number of imide groups is 1. The number of pyridine rings is 1. The van der Waals surface area contributed by atoms with E-state index in [9.17, 15) is 31.9 Å². The number of halogens is 4. The Labute approximate surface area is 213 Å². The maximum absolute atomic E-state index is 13.3. The minimum Gasteiger partial charge on any atom is -0.307 e. The van der Waals surface area contributed by atoms with E-state index in [1.54, 1.807) is 26.0 Å². The highest BCUT2D eigenvalue weighted by Gasteiger charge is 2.51. The lowest BCUT2D eigenvalue weighted by atomic mass is 10.0. The fourth-order valence-corrected chi connectivity index (χ4v) is 4.28. The van der Waals surface area contributed by atoms with Crippen molar-refractivity contribution in [2.24, 2.45) is 0 Å². The number of carbonyl (C=O) groups is 3.